The van der Waals surface area contributed by atoms with E-state index >= 15 is 4.39 Å². The number of pyridine rings is 2. The van der Waals surface area contributed by atoms with Crippen molar-refractivity contribution < 1.29 is 28.0 Å². The summed E-state index contributed by atoms with van der Waals surface area (Å²) in [5.74, 6) is -2.78. The number of aromatic nitrogens is 2. The summed E-state index contributed by atoms with van der Waals surface area (Å²) in [6, 6.07) is 5.81. The number of amides is 2. The monoisotopic (exact) mass is 610 g/mol. The number of phenols is 1. The minimum atomic E-state index is -1.47. The Morgan fingerprint density at radius 1 is 1.28 bits per heavy atom. The van der Waals surface area contributed by atoms with Gasteiger partial charge in [0.25, 0.3) is 0 Å². The van der Waals surface area contributed by atoms with E-state index in [-0.39, 0.29) is 48.2 Å². The van der Waals surface area contributed by atoms with Gasteiger partial charge in [-0.3, -0.25) is 14.6 Å². The van der Waals surface area contributed by atoms with Crippen molar-refractivity contribution in [2.24, 2.45) is 4.99 Å². The molecule has 3 heterocycles. The van der Waals surface area contributed by atoms with E-state index in [9.17, 15) is 23.6 Å². The number of halogens is 2. The van der Waals surface area contributed by atoms with Crippen LogP contribution < -0.4 is 5.32 Å². The van der Waals surface area contributed by atoms with Gasteiger partial charge in [0.2, 0.25) is 12.3 Å². The Balaban J connectivity index is 2.01. The Hall–Kier alpha value is -4.36. The summed E-state index contributed by atoms with van der Waals surface area (Å²) in [6.45, 7) is 10.1. The first kappa shape index (κ1) is 31.6. The molecule has 0 bridgehead atoms. The molecule has 3 aromatic rings. The lowest BCUT2D eigenvalue weighted by atomic mass is 10.0. The normalized spacial score (nSPS) is 16.3. The molecule has 0 aliphatic carbocycles. The van der Waals surface area contributed by atoms with Gasteiger partial charge in [0.15, 0.2) is 10.7 Å². The summed E-state index contributed by atoms with van der Waals surface area (Å²) in [7, 11) is 0. The summed E-state index contributed by atoms with van der Waals surface area (Å²) >= 11 is -1.47. The molecule has 2 atom stereocenters. The number of rotatable bonds is 8. The van der Waals surface area contributed by atoms with Crippen molar-refractivity contribution in [3.05, 3.63) is 72.1 Å². The Kier molecular flexibility index (Phi) is 9.77. The number of aromatic hydroxyl groups is 1. The van der Waals surface area contributed by atoms with Crippen LogP contribution >= 0.6 is 0 Å². The molecule has 0 saturated carbocycles. The first-order valence-electron chi connectivity index (χ1n) is 13.5. The molecule has 2 aromatic heterocycles. The average Bonchev–Trinajstić information content (AvgIpc) is 2.96. The fraction of sp³-hybridized carbons (Fsp3) is 0.300. The SMILES string of the molecule is C=CC(=O)N1CCN(/C(=N/c2c([S+](C)[O-])ccnc2C(C)C)c2cc(F)c(-c3c(O)cccc3F)nc2NC=O)C(C)C1. The van der Waals surface area contributed by atoms with E-state index in [0.29, 0.717) is 29.2 Å². The van der Waals surface area contributed by atoms with Crippen LogP contribution in [0.5, 0.6) is 5.75 Å². The number of nitrogens with zero attached hydrogens (tertiary/aromatic N) is 5. The second kappa shape index (κ2) is 13.3. The van der Waals surface area contributed by atoms with Crippen LogP contribution in [0, 0.1) is 11.6 Å². The maximum Gasteiger partial charge on any atom is 0.246 e. The molecule has 13 heteroatoms. The molecule has 2 N–H and O–H groups in total. The molecule has 1 aromatic carbocycles. The topological polar surface area (TPSA) is 134 Å². The summed E-state index contributed by atoms with van der Waals surface area (Å²) in [5, 5.41) is 12.8. The zero-order valence-electron chi connectivity index (χ0n) is 24.2. The third-order valence-corrected chi connectivity index (χ3v) is 7.97. The number of benzene rings is 1. The Bertz CT molecular complexity index is 1540. The lowest BCUT2D eigenvalue weighted by Gasteiger charge is -2.41. The number of anilines is 1. The van der Waals surface area contributed by atoms with Gasteiger partial charge in [-0.05, 0) is 48.3 Å². The molecule has 0 radical (unpaired) electrons. The average molecular weight is 611 g/mol. The van der Waals surface area contributed by atoms with Gasteiger partial charge in [-0.2, -0.15) is 0 Å². The number of piperazine rings is 1. The number of phenolic OH excluding ortho intramolecular Hbond substituents is 1. The lowest BCUT2D eigenvalue weighted by Crippen LogP contribution is -2.55. The Morgan fingerprint density at radius 3 is 2.63 bits per heavy atom. The van der Waals surface area contributed by atoms with Crippen LogP contribution in [0.15, 0.2) is 59.1 Å². The van der Waals surface area contributed by atoms with Gasteiger partial charge < -0.3 is 24.8 Å². The maximum absolute atomic E-state index is 15.9. The van der Waals surface area contributed by atoms with E-state index in [4.69, 9.17) is 4.99 Å². The second-order valence-electron chi connectivity index (χ2n) is 10.2. The number of carbonyl (C=O) groups excluding carboxylic acids is 2. The highest BCUT2D eigenvalue weighted by Gasteiger charge is 2.32. The number of amidine groups is 1. The van der Waals surface area contributed by atoms with Crippen LogP contribution in [0.3, 0.4) is 0 Å². The van der Waals surface area contributed by atoms with Gasteiger partial charge in [0, 0.05) is 37.9 Å². The molecule has 4 rings (SSSR count). The number of carbonyl (C=O) groups is 2. The van der Waals surface area contributed by atoms with E-state index in [0.717, 1.165) is 12.1 Å². The first-order valence-corrected chi connectivity index (χ1v) is 15.0. The van der Waals surface area contributed by atoms with Gasteiger partial charge in [-0.1, -0.05) is 26.5 Å². The summed E-state index contributed by atoms with van der Waals surface area (Å²) in [5.41, 5.74) is -0.0760. The van der Waals surface area contributed by atoms with Gasteiger partial charge in [0.1, 0.15) is 40.9 Å². The van der Waals surface area contributed by atoms with Gasteiger partial charge >= 0.3 is 0 Å². The van der Waals surface area contributed by atoms with Gasteiger partial charge in [-0.25, -0.2) is 18.8 Å². The molecule has 1 fully saturated rings. The molecule has 1 aliphatic heterocycles. The molecule has 1 saturated heterocycles. The van der Waals surface area contributed by atoms with E-state index in [1.165, 1.54) is 24.5 Å². The van der Waals surface area contributed by atoms with E-state index in [2.05, 4.69) is 21.9 Å². The van der Waals surface area contributed by atoms with E-state index in [1.54, 1.807) is 17.2 Å². The van der Waals surface area contributed by atoms with Crippen LogP contribution in [0.2, 0.25) is 0 Å². The number of hydrogen-bond donors (Lipinski definition) is 2. The molecule has 0 spiro atoms. The van der Waals surface area contributed by atoms with Crippen LogP contribution in [-0.4, -0.2) is 79.5 Å². The lowest BCUT2D eigenvalue weighted by molar-refractivity contribution is -0.128. The van der Waals surface area contributed by atoms with Crippen LogP contribution in [0.25, 0.3) is 11.3 Å². The van der Waals surface area contributed by atoms with Crippen molar-refractivity contribution >= 4 is 40.8 Å². The van der Waals surface area contributed by atoms with Crippen molar-refractivity contribution in [3.8, 4) is 17.0 Å². The third-order valence-electron chi connectivity index (χ3n) is 7.02. The zero-order valence-corrected chi connectivity index (χ0v) is 25.0. The minimum Gasteiger partial charge on any atom is -0.612 e. The predicted octanol–water partition coefficient (Wildman–Crippen LogP) is 4.35. The molecule has 1 aliphatic rings. The van der Waals surface area contributed by atoms with Crippen molar-refractivity contribution in [2.75, 3.05) is 31.2 Å². The third kappa shape index (κ3) is 6.52. The van der Waals surface area contributed by atoms with Crippen LogP contribution in [-0.2, 0) is 20.8 Å². The fourth-order valence-corrected chi connectivity index (χ4v) is 5.63. The van der Waals surface area contributed by atoms with Crippen LogP contribution in [0.1, 0.15) is 37.9 Å². The van der Waals surface area contributed by atoms with E-state index < -0.39 is 39.8 Å². The molecule has 43 heavy (non-hydrogen) atoms. The number of hydrogen-bond acceptors (Lipinski definition) is 7. The standard InChI is InChI=1S/C30H32F2N6O4S/c1-6-24(41)37-12-13-38(18(4)15-37)30(36-28-23(43(5)42)10-11-33-26(28)17(2)3)19-14-21(32)27(35-29(19)34-16-39)25-20(31)8-7-9-22(25)40/h6-11,14,16-18,40H,1,12-13,15H2,2-5H3,(H,34,35,39)/b36-30+. The highest BCUT2D eigenvalue weighted by molar-refractivity contribution is 7.90. The highest BCUT2D eigenvalue weighted by Crippen LogP contribution is 2.37. The van der Waals surface area contributed by atoms with Crippen molar-refractivity contribution in [1.82, 2.24) is 19.8 Å². The highest BCUT2D eigenvalue weighted by atomic mass is 32.2. The quantitative estimate of drug-likeness (QED) is 0.127. The Morgan fingerprint density at radius 2 is 2.02 bits per heavy atom. The van der Waals surface area contributed by atoms with Crippen molar-refractivity contribution in [1.29, 1.82) is 0 Å². The number of aliphatic imine (C=N–C) groups is 1. The summed E-state index contributed by atoms with van der Waals surface area (Å²) in [6.07, 6.45) is 4.62. The van der Waals surface area contributed by atoms with E-state index in [1.807, 2.05) is 25.7 Å². The van der Waals surface area contributed by atoms with Gasteiger partial charge in [-0.15, -0.1) is 0 Å². The van der Waals surface area contributed by atoms with Crippen molar-refractivity contribution in [2.45, 2.75) is 37.6 Å². The first-order chi connectivity index (χ1) is 20.5. The minimum absolute atomic E-state index is 0.0471. The maximum atomic E-state index is 15.9. The second-order valence-corrected chi connectivity index (χ2v) is 11.6. The smallest absolute Gasteiger partial charge is 0.246 e. The largest absolute Gasteiger partial charge is 0.612 e. The zero-order chi connectivity index (χ0) is 31.4. The Labute approximate surface area is 251 Å². The fourth-order valence-electron chi connectivity index (χ4n) is 4.95. The van der Waals surface area contributed by atoms with Crippen molar-refractivity contribution in [3.63, 3.8) is 0 Å². The van der Waals surface area contributed by atoms with Crippen LogP contribution in [0.4, 0.5) is 20.3 Å². The van der Waals surface area contributed by atoms with Gasteiger partial charge in [0.05, 0.1) is 16.8 Å². The summed E-state index contributed by atoms with van der Waals surface area (Å²) in [4.78, 5) is 41.6. The molecule has 226 valence electrons. The predicted molar refractivity (Wildman–Crippen MR) is 161 cm³/mol. The molecular weight excluding hydrogens is 578 g/mol. The summed E-state index contributed by atoms with van der Waals surface area (Å²) < 4.78 is 43.4. The number of nitrogens with one attached hydrogen (secondary N) is 1. The molecule has 2 unspecified atom stereocenters. The molecular formula is C30H32F2N6O4S. The molecule has 2 amide bonds. The molecule has 10 nitrogen and oxygen atoms in total.